The summed E-state index contributed by atoms with van der Waals surface area (Å²) in [6.07, 6.45) is 1.72. The molecule has 15 heavy (non-hydrogen) atoms. The number of piperidine rings is 1. The first-order chi connectivity index (χ1) is 7.06. The van der Waals surface area contributed by atoms with Crippen molar-refractivity contribution in [2.24, 2.45) is 11.7 Å². The second-order valence-electron chi connectivity index (χ2n) is 4.03. The van der Waals surface area contributed by atoms with E-state index in [4.69, 9.17) is 5.73 Å². The number of likely N-dealkylation sites (tertiary alicyclic amines) is 1. The van der Waals surface area contributed by atoms with Crippen LogP contribution in [0.25, 0.3) is 0 Å². The van der Waals surface area contributed by atoms with Crippen LogP contribution in [0.2, 0.25) is 0 Å². The Morgan fingerprint density at radius 2 is 2.20 bits per heavy atom. The third kappa shape index (κ3) is 2.92. The number of hydrogen-bond donors (Lipinski definition) is 2. The molecule has 0 bridgehead atoms. The van der Waals surface area contributed by atoms with Crippen LogP contribution in [-0.2, 0) is 9.59 Å². The molecule has 0 spiro atoms. The lowest BCUT2D eigenvalue weighted by Gasteiger charge is -2.32. The topological polar surface area (TPSA) is 75.4 Å². The average Bonchev–Trinajstić information content (AvgIpc) is 2.27. The molecule has 2 amide bonds. The van der Waals surface area contributed by atoms with Gasteiger partial charge in [-0.05, 0) is 19.8 Å². The summed E-state index contributed by atoms with van der Waals surface area (Å²) in [4.78, 5) is 24.7. The summed E-state index contributed by atoms with van der Waals surface area (Å²) in [7, 11) is 1.62. The fourth-order valence-electron chi connectivity index (χ4n) is 1.88. The zero-order chi connectivity index (χ0) is 11.4. The molecule has 1 saturated heterocycles. The van der Waals surface area contributed by atoms with Crippen molar-refractivity contribution in [3.8, 4) is 0 Å². The van der Waals surface area contributed by atoms with Crippen LogP contribution in [0.15, 0.2) is 0 Å². The SMILES string of the molecule is CNC(=O)C1CCCN(C(=O)C(C)N)C1. The van der Waals surface area contributed by atoms with Gasteiger partial charge in [-0.25, -0.2) is 0 Å². The summed E-state index contributed by atoms with van der Waals surface area (Å²) >= 11 is 0. The Labute approximate surface area is 90.0 Å². The van der Waals surface area contributed by atoms with Crippen LogP contribution in [0, 0.1) is 5.92 Å². The molecule has 1 aliphatic heterocycles. The summed E-state index contributed by atoms with van der Waals surface area (Å²) in [6, 6.07) is -0.478. The van der Waals surface area contributed by atoms with Crippen molar-refractivity contribution >= 4 is 11.8 Å². The highest BCUT2D eigenvalue weighted by Gasteiger charge is 2.28. The van der Waals surface area contributed by atoms with Crippen molar-refractivity contribution in [1.29, 1.82) is 0 Å². The lowest BCUT2D eigenvalue weighted by Crippen LogP contribution is -2.49. The number of carbonyl (C=O) groups is 2. The first-order valence-electron chi connectivity index (χ1n) is 5.32. The van der Waals surface area contributed by atoms with Crippen LogP contribution >= 0.6 is 0 Å². The second-order valence-corrected chi connectivity index (χ2v) is 4.03. The molecule has 3 N–H and O–H groups in total. The molecule has 2 atom stereocenters. The molecular weight excluding hydrogens is 194 g/mol. The van der Waals surface area contributed by atoms with Gasteiger partial charge in [0.05, 0.1) is 12.0 Å². The lowest BCUT2D eigenvalue weighted by molar-refractivity contribution is -0.136. The number of rotatable bonds is 2. The maximum Gasteiger partial charge on any atom is 0.239 e. The van der Waals surface area contributed by atoms with E-state index in [2.05, 4.69) is 5.32 Å². The van der Waals surface area contributed by atoms with E-state index in [-0.39, 0.29) is 17.7 Å². The van der Waals surface area contributed by atoms with Gasteiger partial charge >= 0.3 is 0 Å². The minimum absolute atomic E-state index is 0.0113. The maximum absolute atomic E-state index is 11.6. The zero-order valence-corrected chi connectivity index (χ0v) is 9.32. The zero-order valence-electron chi connectivity index (χ0n) is 9.32. The molecule has 0 aromatic rings. The molecular formula is C10H19N3O2. The number of carbonyl (C=O) groups excluding carboxylic acids is 2. The minimum Gasteiger partial charge on any atom is -0.359 e. The summed E-state index contributed by atoms with van der Waals surface area (Å²) in [5.74, 6) is -0.132. The Morgan fingerprint density at radius 1 is 1.53 bits per heavy atom. The van der Waals surface area contributed by atoms with Crippen molar-refractivity contribution in [3.05, 3.63) is 0 Å². The van der Waals surface area contributed by atoms with E-state index in [1.54, 1.807) is 18.9 Å². The fraction of sp³-hybridized carbons (Fsp3) is 0.800. The molecule has 0 aromatic heterocycles. The highest BCUT2D eigenvalue weighted by atomic mass is 16.2. The van der Waals surface area contributed by atoms with E-state index in [9.17, 15) is 9.59 Å². The Morgan fingerprint density at radius 3 is 2.73 bits per heavy atom. The van der Waals surface area contributed by atoms with Crippen LogP contribution in [0.5, 0.6) is 0 Å². The van der Waals surface area contributed by atoms with Gasteiger partial charge in [-0.3, -0.25) is 9.59 Å². The Balaban J connectivity index is 2.56. The van der Waals surface area contributed by atoms with E-state index >= 15 is 0 Å². The highest BCUT2D eigenvalue weighted by Crippen LogP contribution is 2.16. The number of hydrogen-bond acceptors (Lipinski definition) is 3. The van der Waals surface area contributed by atoms with Crippen molar-refractivity contribution in [1.82, 2.24) is 10.2 Å². The smallest absolute Gasteiger partial charge is 0.239 e. The summed E-state index contributed by atoms with van der Waals surface area (Å²) in [5, 5.41) is 2.62. The molecule has 0 saturated carbocycles. The first-order valence-corrected chi connectivity index (χ1v) is 5.32. The first kappa shape index (κ1) is 12.0. The highest BCUT2D eigenvalue weighted by molar-refractivity contribution is 5.83. The van der Waals surface area contributed by atoms with E-state index in [1.807, 2.05) is 0 Å². The van der Waals surface area contributed by atoms with Gasteiger partial charge in [-0.1, -0.05) is 0 Å². The fourth-order valence-corrected chi connectivity index (χ4v) is 1.88. The summed E-state index contributed by atoms with van der Waals surface area (Å²) in [6.45, 7) is 2.89. The van der Waals surface area contributed by atoms with Crippen LogP contribution in [0.1, 0.15) is 19.8 Å². The number of nitrogens with two attached hydrogens (primary N) is 1. The van der Waals surface area contributed by atoms with Gasteiger partial charge in [0.25, 0.3) is 0 Å². The summed E-state index contributed by atoms with van der Waals surface area (Å²) in [5.41, 5.74) is 5.53. The van der Waals surface area contributed by atoms with Gasteiger partial charge in [0, 0.05) is 20.1 Å². The third-order valence-electron chi connectivity index (χ3n) is 2.74. The average molecular weight is 213 g/mol. The van der Waals surface area contributed by atoms with Crippen LogP contribution in [0.3, 0.4) is 0 Å². The Hall–Kier alpha value is -1.10. The van der Waals surface area contributed by atoms with Gasteiger partial charge in [0.15, 0.2) is 0 Å². The predicted molar refractivity (Wildman–Crippen MR) is 57.0 cm³/mol. The Bertz CT molecular complexity index is 253. The van der Waals surface area contributed by atoms with E-state index in [1.165, 1.54) is 0 Å². The maximum atomic E-state index is 11.6. The number of amides is 2. The quantitative estimate of drug-likeness (QED) is 0.638. The molecule has 5 nitrogen and oxygen atoms in total. The van der Waals surface area contributed by atoms with Crippen molar-refractivity contribution in [2.45, 2.75) is 25.8 Å². The van der Waals surface area contributed by atoms with E-state index < -0.39 is 6.04 Å². The van der Waals surface area contributed by atoms with Crippen molar-refractivity contribution < 1.29 is 9.59 Å². The summed E-state index contributed by atoms with van der Waals surface area (Å²) < 4.78 is 0. The van der Waals surface area contributed by atoms with Gasteiger partial charge < -0.3 is 16.0 Å². The molecule has 0 radical (unpaired) electrons. The third-order valence-corrected chi connectivity index (χ3v) is 2.74. The molecule has 0 aromatic carbocycles. The molecule has 1 fully saturated rings. The van der Waals surface area contributed by atoms with Crippen molar-refractivity contribution in [2.75, 3.05) is 20.1 Å². The largest absolute Gasteiger partial charge is 0.359 e. The van der Waals surface area contributed by atoms with E-state index in [0.29, 0.717) is 13.1 Å². The predicted octanol–water partition coefficient (Wildman–Crippen LogP) is -0.682. The molecule has 1 rings (SSSR count). The molecule has 2 unspecified atom stereocenters. The lowest BCUT2D eigenvalue weighted by atomic mass is 9.97. The molecule has 5 heteroatoms. The molecule has 1 aliphatic rings. The van der Waals surface area contributed by atoms with Gasteiger partial charge in [0.2, 0.25) is 11.8 Å². The monoisotopic (exact) mass is 213 g/mol. The standard InChI is InChI=1S/C10H19N3O2/c1-7(11)10(15)13-5-3-4-8(6-13)9(14)12-2/h7-8H,3-6,11H2,1-2H3,(H,12,14). The van der Waals surface area contributed by atoms with Crippen LogP contribution < -0.4 is 11.1 Å². The number of nitrogens with zero attached hydrogens (tertiary/aromatic N) is 1. The van der Waals surface area contributed by atoms with Gasteiger partial charge in [-0.15, -0.1) is 0 Å². The molecule has 1 heterocycles. The van der Waals surface area contributed by atoms with Gasteiger partial charge in [0.1, 0.15) is 0 Å². The number of nitrogens with one attached hydrogen (secondary N) is 1. The Kier molecular flexibility index (Phi) is 4.08. The minimum atomic E-state index is -0.478. The van der Waals surface area contributed by atoms with Crippen molar-refractivity contribution in [3.63, 3.8) is 0 Å². The molecule has 0 aliphatic carbocycles. The van der Waals surface area contributed by atoms with E-state index in [0.717, 1.165) is 12.8 Å². The van der Waals surface area contributed by atoms with Crippen LogP contribution in [0.4, 0.5) is 0 Å². The molecule has 86 valence electrons. The normalized spacial score (nSPS) is 23.4. The second kappa shape index (κ2) is 5.11. The van der Waals surface area contributed by atoms with Gasteiger partial charge in [-0.2, -0.15) is 0 Å². The van der Waals surface area contributed by atoms with Crippen LogP contribution in [-0.4, -0.2) is 42.9 Å².